The van der Waals surface area contributed by atoms with Crippen LogP contribution in [0.1, 0.15) is 0 Å². The number of hydrogen-bond acceptors (Lipinski definition) is 3. The fraction of sp³-hybridized carbons (Fsp3) is 0.0909. The van der Waals surface area contributed by atoms with Crippen LogP contribution in [0.4, 0.5) is 13.2 Å². The molecule has 0 aliphatic carbocycles. The van der Waals surface area contributed by atoms with Crippen LogP contribution in [-0.2, 0) is 0 Å². The lowest BCUT2D eigenvalue weighted by atomic mass is 10.1. The molecule has 3 heterocycles. The minimum Gasteiger partial charge on any atom is -0.405 e. The van der Waals surface area contributed by atoms with Gasteiger partial charge in [-0.1, -0.05) is 12.1 Å². The van der Waals surface area contributed by atoms with Gasteiger partial charge in [0, 0.05) is 17.8 Å². The minimum absolute atomic E-state index is 0.245. The molecule has 0 atom stereocenters. The van der Waals surface area contributed by atoms with Crippen molar-refractivity contribution >= 4 is 21.8 Å². The molecule has 3 nitrogen and oxygen atoms in total. The molecule has 0 fully saturated rings. The number of ether oxygens (including phenoxy) is 1. The van der Waals surface area contributed by atoms with Crippen molar-refractivity contribution in [2.75, 3.05) is 0 Å². The van der Waals surface area contributed by atoms with Crippen LogP contribution < -0.4 is 4.74 Å². The highest BCUT2D eigenvalue weighted by Crippen LogP contribution is 2.34. The van der Waals surface area contributed by atoms with Crippen molar-refractivity contribution in [1.29, 1.82) is 0 Å². The lowest BCUT2D eigenvalue weighted by molar-refractivity contribution is -0.274. The summed E-state index contributed by atoms with van der Waals surface area (Å²) < 4.78 is 40.7. The molecule has 86 valence electrons. The maximum absolute atomic E-state index is 12.2. The Balaban J connectivity index is 2.31. The molecule has 0 saturated heterocycles. The molecule has 4 rings (SSSR count). The van der Waals surface area contributed by atoms with E-state index < -0.39 is 6.36 Å². The van der Waals surface area contributed by atoms with Gasteiger partial charge in [0.25, 0.3) is 0 Å². The van der Waals surface area contributed by atoms with Crippen LogP contribution in [0.2, 0.25) is 0 Å². The molecule has 0 aliphatic rings. The van der Waals surface area contributed by atoms with Gasteiger partial charge in [-0.05, 0) is 11.5 Å². The summed E-state index contributed by atoms with van der Waals surface area (Å²) in [6.07, 6.45) is -1.57. The molecule has 0 aliphatic heterocycles. The second kappa shape index (κ2) is 3.19. The first-order valence-corrected chi connectivity index (χ1v) is 4.76. The van der Waals surface area contributed by atoms with E-state index in [1.54, 1.807) is 18.5 Å². The van der Waals surface area contributed by atoms with Crippen LogP contribution in [0.3, 0.4) is 0 Å². The number of rotatable bonds is 1. The first kappa shape index (κ1) is 10.1. The van der Waals surface area contributed by atoms with Crippen LogP contribution in [-0.4, -0.2) is 16.3 Å². The van der Waals surface area contributed by atoms with Gasteiger partial charge in [0.1, 0.15) is 5.75 Å². The van der Waals surface area contributed by atoms with E-state index in [1.165, 1.54) is 12.1 Å². The molecule has 0 unspecified atom stereocenters. The number of alkyl halides is 3. The summed E-state index contributed by atoms with van der Waals surface area (Å²) in [5.41, 5.74) is 0.245. The fourth-order valence-corrected chi connectivity index (χ4v) is 1.81. The maximum atomic E-state index is 12.2. The number of halogens is 3. The average Bonchev–Trinajstić information content (AvgIpc) is 2.29. The Labute approximate surface area is 93.2 Å². The van der Waals surface area contributed by atoms with Gasteiger partial charge < -0.3 is 4.74 Å². The topological polar surface area (TPSA) is 35.0 Å². The van der Waals surface area contributed by atoms with E-state index in [0.717, 1.165) is 0 Å². The Kier molecular flexibility index (Phi) is 1.89. The number of pyridine rings is 2. The van der Waals surface area contributed by atoms with Gasteiger partial charge in [0.15, 0.2) is 5.65 Å². The summed E-state index contributed by atoms with van der Waals surface area (Å²) in [4.78, 5) is 7.88. The molecule has 0 amide bonds. The Hall–Kier alpha value is -2.11. The van der Waals surface area contributed by atoms with Gasteiger partial charge in [-0.2, -0.15) is 0 Å². The Morgan fingerprint density at radius 3 is 2.41 bits per heavy atom. The summed E-state index contributed by atoms with van der Waals surface area (Å²) in [6.45, 7) is 0. The van der Waals surface area contributed by atoms with E-state index in [-0.39, 0.29) is 11.4 Å². The summed E-state index contributed by atoms with van der Waals surface area (Å²) in [5, 5.41) is 1.64. The summed E-state index contributed by atoms with van der Waals surface area (Å²) in [6, 6.07) is 4.48. The van der Waals surface area contributed by atoms with E-state index >= 15 is 0 Å². The SMILES string of the molecule is FC(F)(F)Oc1cccc2c3cnc(nc3)c12. The molecule has 0 spiro atoms. The molecule has 2 bridgehead atoms. The van der Waals surface area contributed by atoms with Crippen molar-refractivity contribution < 1.29 is 17.9 Å². The zero-order valence-corrected chi connectivity index (χ0v) is 8.32. The van der Waals surface area contributed by atoms with Crippen LogP contribution >= 0.6 is 0 Å². The second-order valence-electron chi connectivity index (χ2n) is 3.52. The molecular formula is C11H5F3N2O. The Morgan fingerprint density at radius 1 is 1.06 bits per heavy atom. The van der Waals surface area contributed by atoms with Gasteiger partial charge in [0.2, 0.25) is 0 Å². The summed E-state index contributed by atoms with van der Waals surface area (Å²) in [5.74, 6) is -0.267. The molecule has 0 N–H and O–H groups in total. The van der Waals surface area contributed by atoms with Crippen LogP contribution in [0.15, 0.2) is 30.6 Å². The second-order valence-corrected chi connectivity index (χ2v) is 3.52. The molecule has 6 heteroatoms. The van der Waals surface area contributed by atoms with Crippen molar-refractivity contribution in [2.45, 2.75) is 6.36 Å². The third-order valence-electron chi connectivity index (χ3n) is 2.44. The van der Waals surface area contributed by atoms with Crippen molar-refractivity contribution in [3.05, 3.63) is 30.6 Å². The molecule has 4 aromatic rings. The number of nitrogens with zero attached hydrogens (tertiary/aromatic N) is 2. The largest absolute Gasteiger partial charge is 0.573 e. The van der Waals surface area contributed by atoms with Crippen LogP contribution in [0, 0.1) is 0 Å². The third-order valence-corrected chi connectivity index (χ3v) is 2.44. The Bertz CT molecular complexity index is 660. The zero-order chi connectivity index (χ0) is 12.0. The van der Waals surface area contributed by atoms with Gasteiger partial charge >= 0.3 is 6.36 Å². The lowest BCUT2D eigenvalue weighted by Crippen LogP contribution is -2.17. The van der Waals surface area contributed by atoms with E-state index in [1.807, 2.05) is 0 Å². The summed E-state index contributed by atoms with van der Waals surface area (Å²) in [7, 11) is 0. The first-order valence-electron chi connectivity index (χ1n) is 4.76. The van der Waals surface area contributed by atoms with Gasteiger partial charge in [-0.15, -0.1) is 13.2 Å². The van der Waals surface area contributed by atoms with E-state index in [2.05, 4.69) is 14.7 Å². The van der Waals surface area contributed by atoms with Crippen LogP contribution in [0.5, 0.6) is 5.75 Å². The first-order chi connectivity index (χ1) is 8.04. The molecule has 3 aromatic heterocycles. The predicted molar refractivity (Wildman–Crippen MR) is 54.9 cm³/mol. The van der Waals surface area contributed by atoms with E-state index in [9.17, 15) is 13.2 Å². The normalized spacial score (nSPS) is 12.4. The zero-order valence-electron chi connectivity index (χ0n) is 8.32. The fourth-order valence-electron chi connectivity index (χ4n) is 1.81. The van der Waals surface area contributed by atoms with E-state index in [0.29, 0.717) is 16.2 Å². The third kappa shape index (κ3) is 1.61. The summed E-state index contributed by atoms with van der Waals surface area (Å²) >= 11 is 0. The maximum Gasteiger partial charge on any atom is 0.573 e. The average molecular weight is 238 g/mol. The Morgan fingerprint density at radius 2 is 1.76 bits per heavy atom. The van der Waals surface area contributed by atoms with Gasteiger partial charge in [0.05, 0.1) is 5.39 Å². The molecular weight excluding hydrogens is 233 g/mol. The predicted octanol–water partition coefficient (Wildman–Crippen LogP) is 3.12. The lowest BCUT2D eigenvalue weighted by Gasteiger charge is -2.12. The van der Waals surface area contributed by atoms with Crippen molar-refractivity contribution in [1.82, 2.24) is 9.97 Å². The van der Waals surface area contributed by atoms with Crippen LogP contribution in [0.25, 0.3) is 21.8 Å². The monoisotopic (exact) mass is 238 g/mol. The van der Waals surface area contributed by atoms with Crippen molar-refractivity contribution in [2.24, 2.45) is 0 Å². The quantitative estimate of drug-likeness (QED) is 0.653. The standard InChI is InChI=1S/C11H5F3N2O/c12-11(13,14)17-8-3-1-2-7-6-4-15-10(9(7)8)16-5-6/h1-5H. The number of benzene rings is 1. The number of aromatic nitrogens is 2. The highest BCUT2D eigenvalue weighted by Gasteiger charge is 2.32. The molecule has 17 heavy (non-hydrogen) atoms. The molecule has 0 radical (unpaired) electrons. The smallest absolute Gasteiger partial charge is 0.405 e. The highest BCUT2D eigenvalue weighted by atomic mass is 19.4. The number of fused-ring (bicyclic) bond motifs is 2. The van der Waals surface area contributed by atoms with Crippen molar-refractivity contribution in [3.8, 4) is 5.75 Å². The van der Waals surface area contributed by atoms with Gasteiger partial charge in [-0.3, -0.25) is 0 Å². The highest BCUT2D eigenvalue weighted by molar-refractivity contribution is 6.08. The molecule has 0 saturated carbocycles. The van der Waals surface area contributed by atoms with E-state index in [4.69, 9.17) is 0 Å². The minimum atomic E-state index is -4.72. The number of hydrogen-bond donors (Lipinski definition) is 0. The van der Waals surface area contributed by atoms with Crippen molar-refractivity contribution in [3.63, 3.8) is 0 Å². The molecule has 1 aromatic carbocycles. The van der Waals surface area contributed by atoms with Gasteiger partial charge in [-0.25, -0.2) is 9.97 Å².